The van der Waals surface area contributed by atoms with Crippen molar-refractivity contribution in [3.05, 3.63) is 29.8 Å². The van der Waals surface area contributed by atoms with Crippen LogP contribution in [-0.4, -0.2) is 18.6 Å². The summed E-state index contributed by atoms with van der Waals surface area (Å²) in [6.07, 6.45) is -5.21. The minimum atomic E-state index is -4.18. The molecule has 0 radical (unpaired) electrons. The van der Waals surface area contributed by atoms with Crippen LogP contribution in [0, 0.1) is 0 Å². The van der Waals surface area contributed by atoms with Crippen LogP contribution in [0.2, 0.25) is 0 Å². The highest BCUT2D eigenvalue weighted by Crippen LogP contribution is 2.20. The van der Waals surface area contributed by atoms with Crippen LogP contribution in [0.15, 0.2) is 24.3 Å². The van der Waals surface area contributed by atoms with Crippen molar-refractivity contribution in [2.75, 3.05) is 12.0 Å². The molecule has 0 aliphatic heterocycles. The predicted molar refractivity (Wildman–Crippen MR) is 61.9 cm³/mol. The van der Waals surface area contributed by atoms with Crippen LogP contribution in [0.3, 0.4) is 0 Å². The van der Waals surface area contributed by atoms with Gasteiger partial charge < -0.3 is 10.7 Å². The van der Waals surface area contributed by atoms with E-state index < -0.39 is 18.5 Å². The molecule has 1 amide bonds. The second-order valence-electron chi connectivity index (χ2n) is 3.70. The molecule has 7 heteroatoms. The first-order valence-electron chi connectivity index (χ1n) is 5.34. The first-order valence-corrected chi connectivity index (χ1v) is 5.34. The predicted octanol–water partition coefficient (Wildman–Crippen LogP) is 2.04. The number of alkyl halides is 3. The molecule has 0 aromatic heterocycles. The van der Waals surface area contributed by atoms with Gasteiger partial charge in [-0.2, -0.15) is 13.2 Å². The van der Waals surface area contributed by atoms with Crippen molar-refractivity contribution in [3.8, 4) is 0 Å². The maximum absolute atomic E-state index is 11.9. The minimum absolute atomic E-state index is 0.00473. The van der Waals surface area contributed by atoms with E-state index in [1.807, 2.05) is 0 Å². The summed E-state index contributed by atoms with van der Waals surface area (Å²) in [6, 6.07) is 6.28. The number of carbonyl (C=O) groups excluding carboxylic acids is 1. The summed E-state index contributed by atoms with van der Waals surface area (Å²) < 4.78 is 35.6. The number of halogens is 3. The van der Waals surface area contributed by atoms with Gasteiger partial charge in [-0.25, -0.2) is 0 Å². The Morgan fingerprint density at radius 3 is 2.33 bits per heavy atom. The molecule has 4 nitrogen and oxygen atoms in total. The average molecular weight is 261 g/mol. The Kier molecular flexibility index (Phi) is 4.96. The molecular weight excluding hydrogens is 247 g/mol. The number of nitrogen functional groups attached to an aromatic ring is 1. The number of hydrogen-bond acceptors (Lipinski definition) is 3. The van der Waals surface area contributed by atoms with Crippen molar-refractivity contribution in [3.63, 3.8) is 0 Å². The molecule has 0 saturated carbocycles. The molecular formula is C11H14F3N3O. The van der Waals surface area contributed by atoms with Gasteiger partial charge in [0.15, 0.2) is 0 Å². The highest BCUT2D eigenvalue weighted by molar-refractivity contribution is 5.94. The van der Waals surface area contributed by atoms with Gasteiger partial charge in [0.1, 0.15) is 0 Å². The molecule has 1 aromatic rings. The lowest BCUT2D eigenvalue weighted by molar-refractivity contribution is -0.135. The quantitative estimate of drug-likeness (QED) is 0.431. The van der Waals surface area contributed by atoms with E-state index in [1.54, 1.807) is 12.1 Å². The summed E-state index contributed by atoms with van der Waals surface area (Å²) >= 11 is 0. The Bertz CT molecular complexity index is 390. The van der Waals surface area contributed by atoms with Crippen LogP contribution in [0.25, 0.3) is 0 Å². The highest BCUT2D eigenvalue weighted by Gasteiger charge is 2.25. The van der Waals surface area contributed by atoms with Crippen LogP contribution in [-0.2, 0) is 0 Å². The third-order valence-electron chi connectivity index (χ3n) is 2.24. The second-order valence-corrected chi connectivity index (χ2v) is 3.70. The number of hydrogen-bond donors (Lipinski definition) is 3. The smallest absolute Gasteiger partial charge is 0.352 e. The first-order chi connectivity index (χ1) is 8.42. The van der Waals surface area contributed by atoms with E-state index in [9.17, 15) is 18.0 Å². The number of benzene rings is 1. The Morgan fingerprint density at radius 2 is 1.83 bits per heavy atom. The number of anilines is 1. The highest BCUT2D eigenvalue weighted by atomic mass is 19.4. The third-order valence-corrected chi connectivity index (χ3v) is 2.24. The number of carbonyl (C=O) groups is 1. The van der Waals surface area contributed by atoms with Crippen molar-refractivity contribution >= 4 is 11.6 Å². The van der Waals surface area contributed by atoms with E-state index in [4.69, 9.17) is 5.84 Å². The molecule has 0 bridgehead atoms. The van der Waals surface area contributed by atoms with E-state index in [2.05, 4.69) is 10.7 Å². The molecule has 0 aliphatic carbocycles. The summed E-state index contributed by atoms with van der Waals surface area (Å²) in [7, 11) is 0. The van der Waals surface area contributed by atoms with Crippen LogP contribution in [0.5, 0.6) is 0 Å². The Balaban J connectivity index is 2.36. The zero-order chi connectivity index (χ0) is 13.6. The van der Waals surface area contributed by atoms with Crippen molar-refractivity contribution in [1.29, 1.82) is 0 Å². The fraction of sp³-hybridized carbons (Fsp3) is 0.364. The van der Waals surface area contributed by atoms with Crippen LogP contribution < -0.4 is 16.6 Å². The summed E-state index contributed by atoms with van der Waals surface area (Å²) in [5, 5.41) is 2.42. The van der Waals surface area contributed by atoms with E-state index in [-0.39, 0.29) is 13.0 Å². The zero-order valence-corrected chi connectivity index (χ0v) is 9.55. The van der Waals surface area contributed by atoms with Gasteiger partial charge in [-0.15, -0.1) is 0 Å². The largest absolute Gasteiger partial charge is 0.389 e. The second kappa shape index (κ2) is 6.25. The molecule has 100 valence electrons. The number of nitrogens with two attached hydrogens (primary N) is 1. The molecule has 0 aliphatic rings. The maximum Gasteiger partial charge on any atom is 0.389 e. The minimum Gasteiger partial charge on any atom is -0.352 e. The number of rotatable bonds is 5. The van der Waals surface area contributed by atoms with Gasteiger partial charge in [0, 0.05) is 24.2 Å². The summed E-state index contributed by atoms with van der Waals surface area (Å²) in [5.41, 5.74) is 3.42. The number of nitrogens with one attached hydrogen (secondary N) is 2. The molecule has 0 fully saturated rings. The maximum atomic E-state index is 11.9. The van der Waals surface area contributed by atoms with E-state index in [0.29, 0.717) is 11.3 Å². The van der Waals surface area contributed by atoms with Crippen molar-refractivity contribution in [1.82, 2.24) is 5.32 Å². The van der Waals surface area contributed by atoms with Crippen LogP contribution in [0.4, 0.5) is 18.9 Å². The van der Waals surface area contributed by atoms with Crippen LogP contribution >= 0.6 is 0 Å². The molecule has 0 unspecified atom stereocenters. The average Bonchev–Trinajstić information content (AvgIpc) is 2.33. The molecule has 1 aromatic carbocycles. The standard InChI is InChI=1S/C11H14F3N3O/c12-11(13,14)6-1-7-16-10(18)8-2-4-9(17-15)5-3-8/h2-5,17H,1,6-7,15H2,(H,16,18). The molecule has 0 atom stereocenters. The van der Waals surface area contributed by atoms with Crippen LogP contribution in [0.1, 0.15) is 23.2 Å². The van der Waals surface area contributed by atoms with Gasteiger partial charge >= 0.3 is 6.18 Å². The Morgan fingerprint density at radius 1 is 1.22 bits per heavy atom. The van der Waals surface area contributed by atoms with Gasteiger partial charge in [0.2, 0.25) is 0 Å². The zero-order valence-electron chi connectivity index (χ0n) is 9.55. The van der Waals surface area contributed by atoms with Gasteiger partial charge in [-0.1, -0.05) is 0 Å². The molecule has 18 heavy (non-hydrogen) atoms. The van der Waals surface area contributed by atoms with E-state index in [0.717, 1.165) is 0 Å². The summed E-state index contributed by atoms with van der Waals surface area (Å²) in [5.74, 6) is 4.76. The molecule has 1 rings (SSSR count). The fourth-order valence-electron chi connectivity index (χ4n) is 1.31. The van der Waals surface area contributed by atoms with Gasteiger partial charge in [-0.3, -0.25) is 10.6 Å². The normalized spacial score (nSPS) is 11.1. The van der Waals surface area contributed by atoms with E-state index in [1.165, 1.54) is 12.1 Å². The first kappa shape index (κ1) is 14.3. The van der Waals surface area contributed by atoms with Gasteiger partial charge in [0.05, 0.1) is 0 Å². The number of hydrazine groups is 1. The van der Waals surface area contributed by atoms with Gasteiger partial charge in [0.25, 0.3) is 5.91 Å². The van der Waals surface area contributed by atoms with E-state index >= 15 is 0 Å². The summed E-state index contributed by atoms with van der Waals surface area (Å²) in [4.78, 5) is 11.5. The topological polar surface area (TPSA) is 67.1 Å². The Hall–Kier alpha value is -1.76. The van der Waals surface area contributed by atoms with Gasteiger partial charge in [-0.05, 0) is 30.7 Å². The van der Waals surface area contributed by atoms with Crippen molar-refractivity contribution in [2.24, 2.45) is 5.84 Å². The lowest BCUT2D eigenvalue weighted by Crippen LogP contribution is -2.25. The lowest BCUT2D eigenvalue weighted by Gasteiger charge is -2.08. The third kappa shape index (κ3) is 5.05. The molecule has 0 spiro atoms. The number of amides is 1. The van der Waals surface area contributed by atoms with Crippen molar-refractivity contribution < 1.29 is 18.0 Å². The SMILES string of the molecule is NNc1ccc(C(=O)NCCCC(F)(F)F)cc1. The molecule has 4 N–H and O–H groups in total. The fourth-order valence-corrected chi connectivity index (χ4v) is 1.31. The Labute approximate surface area is 102 Å². The lowest BCUT2D eigenvalue weighted by atomic mass is 10.2. The molecule has 0 saturated heterocycles. The summed E-state index contributed by atoms with van der Waals surface area (Å²) in [6.45, 7) is -0.00473. The van der Waals surface area contributed by atoms with Crippen molar-refractivity contribution in [2.45, 2.75) is 19.0 Å². The molecule has 0 heterocycles. The monoisotopic (exact) mass is 261 g/mol.